The number of hydrogen-bond acceptors (Lipinski definition) is 3. The molecule has 0 bridgehead atoms. The topological polar surface area (TPSA) is 38.7 Å². The van der Waals surface area contributed by atoms with Gasteiger partial charge in [-0.2, -0.15) is 0 Å². The molecule has 0 aliphatic heterocycles. The van der Waals surface area contributed by atoms with Crippen LogP contribution in [-0.4, -0.2) is 15.0 Å². The highest BCUT2D eigenvalue weighted by Crippen LogP contribution is 2.37. The minimum atomic E-state index is 0.632. The molecule has 3 heteroatoms. The first-order valence-corrected chi connectivity index (χ1v) is 19.7. The third-order valence-electron chi connectivity index (χ3n) is 11.3. The molecule has 3 nitrogen and oxygen atoms in total. The van der Waals surface area contributed by atoms with E-state index in [0.29, 0.717) is 17.5 Å². The summed E-state index contributed by atoms with van der Waals surface area (Å²) in [5.74, 6) is 1.90. The molecule has 11 rings (SSSR count). The largest absolute Gasteiger partial charge is 0.208 e. The fourth-order valence-electron chi connectivity index (χ4n) is 8.43. The van der Waals surface area contributed by atoms with Crippen LogP contribution in [0.4, 0.5) is 0 Å². The van der Waals surface area contributed by atoms with Crippen molar-refractivity contribution in [2.75, 3.05) is 0 Å². The van der Waals surface area contributed by atoms with Crippen molar-refractivity contribution in [1.29, 1.82) is 0 Å². The van der Waals surface area contributed by atoms with E-state index in [1.165, 1.54) is 49.4 Å². The van der Waals surface area contributed by atoms with Gasteiger partial charge in [0.1, 0.15) is 0 Å². The predicted octanol–water partition coefficient (Wildman–Crippen LogP) is 14.5. The Bertz CT molecular complexity index is 3320. The maximum Gasteiger partial charge on any atom is 0.164 e. The highest BCUT2D eigenvalue weighted by atomic mass is 15.0. The molecule has 0 amide bonds. The molecule has 10 aromatic carbocycles. The molecule has 1 aromatic heterocycles. The molecule has 0 aliphatic rings. The molecule has 0 fully saturated rings. The van der Waals surface area contributed by atoms with Crippen LogP contribution in [0.5, 0.6) is 0 Å². The van der Waals surface area contributed by atoms with Gasteiger partial charge in [-0.25, -0.2) is 15.0 Å². The van der Waals surface area contributed by atoms with Crippen molar-refractivity contribution >= 4 is 43.1 Å². The third kappa shape index (κ3) is 5.98. The highest BCUT2D eigenvalue weighted by Gasteiger charge is 2.17. The zero-order valence-corrected chi connectivity index (χ0v) is 31.5. The number of fused-ring (bicyclic) bond motifs is 4. The Hall–Kier alpha value is -7.75. The molecule has 1 heterocycles. The lowest BCUT2D eigenvalue weighted by Gasteiger charge is -2.13. The zero-order chi connectivity index (χ0) is 38.4. The van der Waals surface area contributed by atoms with E-state index in [4.69, 9.17) is 15.0 Å². The Kier molecular flexibility index (Phi) is 8.15. The molecule has 0 N–H and O–H groups in total. The smallest absolute Gasteiger partial charge is 0.164 e. The van der Waals surface area contributed by atoms with Crippen molar-refractivity contribution in [2.24, 2.45) is 0 Å². The lowest BCUT2D eigenvalue weighted by Crippen LogP contribution is -2.01. The van der Waals surface area contributed by atoms with Crippen molar-refractivity contribution in [1.82, 2.24) is 15.0 Å². The monoisotopic (exact) mass is 737 g/mol. The number of nitrogens with zero attached hydrogens (tertiary/aromatic N) is 3. The van der Waals surface area contributed by atoms with Gasteiger partial charge < -0.3 is 0 Å². The van der Waals surface area contributed by atoms with Crippen LogP contribution in [-0.2, 0) is 0 Å². The molecular formula is C55H35N3. The Balaban J connectivity index is 1.05. The Morgan fingerprint density at radius 2 is 0.603 bits per heavy atom. The van der Waals surface area contributed by atoms with E-state index in [2.05, 4.69) is 212 Å². The number of rotatable bonds is 6. The maximum atomic E-state index is 5.24. The molecule has 270 valence electrons. The first-order valence-electron chi connectivity index (χ1n) is 19.7. The van der Waals surface area contributed by atoms with Gasteiger partial charge >= 0.3 is 0 Å². The average molecular weight is 738 g/mol. The van der Waals surface area contributed by atoms with E-state index in [9.17, 15) is 0 Å². The van der Waals surface area contributed by atoms with Gasteiger partial charge in [-0.05, 0) is 88.6 Å². The summed E-state index contributed by atoms with van der Waals surface area (Å²) in [5, 5.41) is 9.48. The minimum Gasteiger partial charge on any atom is -0.208 e. The maximum absolute atomic E-state index is 5.24. The van der Waals surface area contributed by atoms with Crippen molar-refractivity contribution in [3.63, 3.8) is 0 Å². The number of aromatic nitrogens is 3. The molecule has 0 radical (unpaired) electrons. The van der Waals surface area contributed by atoms with Crippen LogP contribution in [0.15, 0.2) is 212 Å². The molecular weight excluding hydrogens is 703 g/mol. The molecule has 0 saturated carbocycles. The van der Waals surface area contributed by atoms with Crippen LogP contribution in [0.1, 0.15) is 0 Å². The minimum absolute atomic E-state index is 0.632. The second-order valence-electron chi connectivity index (χ2n) is 14.8. The quantitative estimate of drug-likeness (QED) is 0.171. The van der Waals surface area contributed by atoms with E-state index >= 15 is 0 Å². The third-order valence-corrected chi connectivity index (χ3v) is 11.3. The van der Waals surface area contributed by atoms with Gasteiger partial charge in [-0.1, -0.05) is 200 Å². The van der Waals surface area contributed by atoms with Crippen LogP contribution in [0, 0.1) is 0 Å². The van der Waals surface area contributed by atoms with Crippen LogP contribution < -0.4 is 0 Å². The Morgan fingerprint density at radius 1 is 0.207 bits per heavy atom. The Labute approximate surface area is 336 Å². The van der Waals surface area contributed by atoms with Crippen molar-refractivity contribution < 1.29 is 0 Å². The number of benzene rings is 10. The normalized spacial score (nSPS) is 11.4. The lowest BCUT2D eigenvalue weighted by atomic mass is 9.95. The Morgan fingerprint density at radius 3 is 1.28 bits per heavy atom. The fraction of sp³-hybridized carbons (Fsp3) is 0. The first kappa shape index (κ1) is 33.6. The summed E-state index contributed by atoms with van der Waals surface area (Å²) >= 11 is 0. The standard InChI is InChI=1S/C55H35N3/c1-2-12-36(13-3-1)48-22-10-24-51-50(48)23-11-25-52(51)55-57-53(40-28-26-39(27-29-40)47-20-8-16-37-14-4-6-18-45(37)47)56-54(58-55)44-33-31-41-34-43(32-30-42(41)35-44)49-21-9-17-38-15-5-7-19-46(38)49/h1-35H. The van der Waals surface area contributed by atoms with Crippen LogP contribution in [0.25, 0.3) is 111 Å². The van der Waals surface area contributed by atoms with Gasteiger partial charge in [0.05, 0.1) is 0 Å². The van der Waals surface area contributed by atoms with E-state index in [-0.39, 0.29) is 0 Å². The van der Waals surface area contributed by atoms with Gasteiger partial charge in [-0.3, -0.25) is 0 Å². The van der Waals surface area contributed by atoms with Crippen molar-refractivity contribution in [3.05, 3.63) is 212 Å². The molecule has 11 aromatic rings. The van der Waals surface area contributed by atoms with Gasteiger partial charge in [0.25, 0.3) is 0 Å². The molecule has 0 atom stereocenters. The van der Waals surface area contributed by atoms with Gasteiger partial charge in [-0.15, -0.1) is 0 Å². The van der Waals surface area contributed by atoms with E-state index in [1.54, 1.807) is 0 Å². The summed E-state index contributed by atoms with van der Waals surface area (Å²) in [4.78, 5) is 15.6. The van der Waals surface area contributed by atoms with Crippen molar-refractivity contribution in [2.45, 2.75) is 0 Å². The van der Waals surface area contributed by atoms with Crippen LogP contribution in [0.3, 0.4) is 0 Å². The molecule has 0 unspecified atom stereocenters. The molecule has 0 aliphatic carbocycles. The lowest BCUT2D eigenvalue weighted by molar-refractivity contribution is 1.08. The van der Waals surface area contributed by atoms with Crippen LogP contribution >= 0.6 is 0 Å². The molecule has 0 spiro atoms. The molecule has 0 saturated heterocycles. The second kappa shape index (κ2) is 14.1. The van der Waals surface area contributed by atoms with Crippen LogP contribution in [0.2, 0.25) is 0 Å². The van der Waals surface area contributed by atoms with Gasteiger partial charge in [0, 0.05) is 16.7 Å². The SMILES string of the molecule is c1ccc(-c2cccc3c(-c4nc(-c5ccc(-c6cccc7ccccc67)cc5)nc(-c5ccc6cc(-c7cccc8ccccc78)ccc6c5)n4)cccc23)cc1. The predicted molar refractivity (Wildman–Crippen MR) is 242 cm³/mol. The average Bonchev–Trinajstić information content (AvgIpc) is 3.30. The second-order valence-corrected chi connectivity index (χ2v) is 14.8. The zero-order valence-electron chi connectivity index (χ0n) is 31.5. The summed E-state index contributed by atoms with van der Waals surface area (Å²) < 4.78 is 0. The first-order chi connectivity index (χ1) is 28.7. The van der Waals surface area contributed by atoms with Crippen molar-refractivity contribution in [3.8, 4) is 67.5 Å². The van der Waals surface area contributed by atoms with Gasteiger partial charge in [0.15, 0.2) is 17.5 Å². The van der Waals surface area contributed by atoms with E-state index in [1.807, 2.05) is 0 Å². The summed E-state index contributed by atoms with van der Waals surface area (Å²) in [6.07, 6.45) is 0. The van der Waals surface area contributed by atoms with E-state index in [0.717, 1.165) is 43.8 Å². The van der Waals surface area contributed by atoms with E-state index < -0.39 is 0 Å². The molecule has 58 heavy (non-hydrogen) atoms. The summed E-state index contributed by atoms with van der Waals surface area (Å²) in [6, 6.07) is 75.4. The highest BCUT2D eigenvalue weighted by molar-refractivity contribution is 6.04. The summed E-state index contributed by atoms with van der Waals surface area (Å²) in [5.41, 5.74) is 9.96. The summed E-state index contributed by atoms with van der Waals surface area (Å²) in [6.45, 7) is 0. The number of hydrogen-bond donors (Lipinski definition) is 0. The fourth-order valence-corrected chi connectivity index (χ4v) is 8.43. The van der Waals surface area contributed by atoms with Gasteiger partial charge in [0.2, 0.25) is 0 Å². The summed E-state index contributed by atoms with van der Waals surface area (Å²) in [7, 11) is 0.